The molecule has 4 rings (SSSR count). The largest absolute Gasteiger partial charge is 0.388 e. The Balaban J connectivity index is 1.78. The molecule has 1 amide bonds. The maximum atomic E-state index is 11.5. The average Bonchev–Trinajstić information content (AvgIpc) is 3.02. The summed E-state index contributed by atoms with van der Waals surface area (Å²) in [5, 5.41) is 19.9. The summed E-state index contributed by atoms with van der Waals surface area (Å²) < 4.78 is 1.90. The van der Waals surface area contributed by atoms with Crippen molar-refractivity contribution in [2.24, 2.45) is 0 Å². The first kappa shape index (κ1) is 18.7. The molecule has 2 heterocycles. The highest BCUT2D eigenvalue weighted by Gasteiger charge is 2.32. The number of likely N-dealkylation sites (tertiary alicyclic amines) is 1. The number of benzene rings is 2. The van der Waals surface area contributed by atoms with Crippen LogP contribution in [0.5, 0.6) is 0 Å². The molecule has 2 N–H and O–H groups in total. The van der Waals surface area contributed by atoms with Gasteiger partial charge in [-0.05, 0) is 38.1 Å². The van der Waals surface area contributed by atoms with Crippen molar-refractivity contribution in [1.82, 2.24) is 14.7 Å². The zero-order valence-corrected chi connectivity index (χ0v) is 16.4. The summed E-state index contributed by atoms with van der Waals surface area (Å²) in [6, 6.07) is 15.9. The Morgan fingerprint density at radius 3 is 2.57 bits per heavy atom. The Kier molecular flexibility index (Phi) is 4.91. The van der Waals surface area contributed by atoms with Gasteiger partial charge in [-0.2, -0.15) is 5.10 Å². The molecule has 3 aromatic rings. The number of hydrogen-bond acceptors (Lipinski definition) is 4. The lowest BCUT2D eigenvalue weighted by Crippen LogP contribution is -2.45. The van der Waals surface area contributed by atoms with E-state index >= 15 is 0 Å². The van der Waals surface area contributed by atoms with E-state index in [2.05, 4.69) is 17.3 Å². The van der Waals surface area contributed by atoms with Crippen molar-refractivity contribution in [3.8, 4) is 11.3 Å². The van der Waals surface area contributed by atoms with Gasteiger partial charge < -0.3 is 15.3 Å². The fraction of sp³-hybridized carbons (Fsp3) is 0.364. The number of piperidine rings is 1. The highest BCUT2D eigenvalue weighted by atomic mass is 16.3. The fourth-order valence-electron chi connectivity index (χ4n) is 3.86. The minimum absolute atomic E-state index is 0.109. The Hall–Kier alpha value is -2.70. The Morgan fingerprint density at radius 1 is 1.18 bits per heavy atom. The van der Waals surface area contributed by atoms with Crippen molar-refractivity contribution in [3.63, 3.8) is 0 Å². The zero-order valence-electron chi connectivity index (χ0n) is 16.4. The third kappa shape index (κ3) is 3.79. The number of aromatic nitrogens is 2. The molecular weight excluding hydrogens is 352 g/mol. The summed E-state index contributed by atoms with van der Waals surface area (Å²) in [7, 11) is 2.08. The van der Waals surface area contributed by atoms with Gasteiger partial charge in [-0.1, -0.05) is 30.3 Å². The van der Waals surface area contributed by atoms with Gasteiger partial charge in [0.1, 0.15) is 5.69 Å². The molecule has 6 heteroatoms. The number of amides is 1. The van der Waals surface area contributed by atoms with E-state index < -0.39 is 5.60 Å². The van der Waals surface area contributed by atoms with Gasteiger partial charge in [0.25, 0.3) is 0 Å². The Bertz CT molecular complexity index is 988. The van der Waals surface area contributed by atoms with Crippen LogP contribution < -0.4 is 5.32 Å². The van der Waals surface area contributed by atoms with Gasteiger partial charge in [-0.3, -0.25) is 9.48 Å². The first-order chi connectivity index (χ1) is 13.4. The molecule has 0 spiro atoms. The first-order valence-corrected chi connectivity index (χ1v) is 9.68. The second-order valence-electron chi connectivity index (χ2n) is 7.81. The molecule has 0 radical (unpaired) electrons. The molecule has 0 bridgehead atoms. The molecule has 6 nitrogen and oxygen atoms in total. The van der Waals surface area contributed by atoms with Crippen molar-refractivity contribution in [3.05, 3.63) is 48.5 Å². The van der Waals surface area contributed by atoms with E-state index in [1.54, 1.807) is 0 Å². The van der Waals surface area contributed by atoms with Crippen LogP contribution in [0.3, 0.4) is 0 Å². The summed E-state index contributed by atoms with van der Waals surface area (Å²) in [4.78, 5) is 13.7. The molecule has 1 aromatic heterocycles. The molecule has 1 saturated heterocycles. The lowest BCUT2D eigenvalue weighted by Gasteiger charge is -2.36. The third-order valence-corrected chi connectivity index (χ3v) is 5.48. The van der Waals surface area contributed by atoms with Crippen LogP contribution >= 0.6 is 0 Å². The van der Waals surface area contributed by atoms with Gasteiger partial charge in [-0.15, -0.1) is 0 Å². The van der Waals surface area contributed by atoms with E-state index in [0.717, 1.165) is 53.8 Å². The normalized spacial score (nSPS) is 17.0. The monoisotopic (exact) mass is 378 g/mol. The highest BCUT2D eigenvalue weighted by Crippen LogP contribution is 2.32. The topological polar surface area (TPSA) is 70.4 Å². The SMILES string of the molecule is CC(=O)Nc1ccc2c(-c3ccccc3)nn(CC3(O)CCN(C)CC3)c2c1. The van der Waals surface area contributed by atoms with Crippen LogP contribution in [0.25, 0.3) is 22.2 Å². The van der Waals surface area contributed by atoms with Crippen LogP contribution in [0.1, 0.15) is 19.8 Å². The molecule has 0 saturated carbocycles. The summed E-state index contributed by atoms with van der Waals surface area (Å²) in [6.45, 7) is 3.68. The predicted molar refractivity (Wildman–Crippen MR) is 111 cm³/mol. The number of hydrogen-bond donors (Lipinski definition) is 2. The van der Waals surface area contributed by atoms with Gasteiger partial charge in [0, 0.05) is 36.7 Å². The summed E-state index contributed by atoms with van der Waals surface area (Å²) >= 11 is 0. The molecule has 28 heavy (non-hydrogen) atoms. The van der Waals surface area contributed by atoms with Gasteiger partial charge in [-0.25, -0.2) is 0 Å². The standard InChI is InChI=1S/C22H26N4O2/c1-16(27)23-18-8-9-19-20(14-18)26(15-22(28)10-12-25(2)13-11-22)24-21(19)17-6-4-3-5-7-17/h3-9,14,28H,10-13,15H2,1-2H3,(H,23,27). The lowest BCUT2D eigenvalue weighted by molar-refractivity contribution is -0.114. The highest BCUT2D eigenvalue weighted by molar-refractivity contribution is 5.97. The molecule has 1 aliphatic rings. The molecule has 146 valence electrons. The van der Waals surface area contributed by atoms with Crippen LogP contribution in [-0.4, -0.2) is 51.4 Å². The quantitative estimate of drug-likeness (QED) is 0.732. The molecule has 1 aliphatic heterocycles. The summed E-state index contributed by atoms with van der Waals surface area (Å²) in [5.74, 6) is -0.109. The van der Waals surface area contributed by atoms with Gasteiger partial charge in [0.15, 0.2) is 0 Å². The van der Waals surface area contributed by atoms with Crippen molar-refractivity contribution in [2.75, 3.05) is 25.5 Å². The van der Waals surface area contributed by atoms with Gasteiger partial charge in [0.05, 0.1) is 17.7 Å². The number of rotatable bonds is 4. The second kappa shape index (κ2) is 7.37. The molecule has 0 aliphatic carbocycles. The molecular formula is C22H26N4O2. The minimum Gasteiger partial charge on any atom is -0.388 e. The Morgan fingerprint density at radius 2 is 1.89 bits per heavy atom. The van der Waals surface area contributed by atoms with E-state index in [1.807, 2.05) is 53.2 Å². The Labute approximate surface area is 164 Å². The molecule has 0 unspecified atom stereocenters. The molecule has 2 aromatic carbocycles. The molecule has 0 atom stereocenters. The van der Waals surface area contributed by atoms with E-state index in [-0.39, 0.29) is 5.91 Å². The fourth-order valence-corrected chi connectivity index (χ4v) is 3.86. The van der Waals surface area contributed by atoms with Crippen LogP contribution in [0.2, 0.25) is 0 Å². The van der Waals surface area contributed by atoms with E-state index in [0.29, 0.717) is 6.54 Å². The maximum absolute atomic E-state index is 11.5. The predicted octanol–water partition coefficient (Wildman–Crippen LogP) is 3.12. The van der Waals surface area contributed by atoms with Crippen molar-refractivity contribution in [1.29, 1.82) is 0 Å². The van der Waals surface area contributed by atoms with E-state index in [4.69, 9.17) is 5.10 Å². The number of nitrogens with zero attached hydrogens (tertiary/aromatic N) is 3. The van der Waals surface area contributed by atoms with Crippen LogP contribution in [-0.2, 0) is 11.3 Å². The molecule has 1 fully saturated rings. The van der Waals surface area contributed by atoms with Crippen molar-refractivity contribution >= 4 is 22.5 Å². The smallest absolute Gasteiger partial charge is 0.221 e. The third-order valence-electron chi connectivity index (χ3n) is 5.48. The number of carbonyl (C=O) groups excluding carboxylic acids is 1. The number of anilines is 1. The second-order valence-corrected chi connectivity index (χ2v) is 7.81. The first-order valence-electron chi connectivity index (χ1n) is 9.68. The average molecular weight is 378 g/mol. The van der Waals surface area contributed by atoms with Crippen molar-refractivity contribution < 1.29 is 9.90 Å². The number of fused-ring (bicyclic) bond motifs is 1. The van der Waals surface area contributed by atoms with Crippen molar-refractivity contribution in [2.45, 2.75) is 31.9 Å². The van der Waals surface area contributed by atoms with Crippen LogP contribution in [0, 0.1) is 0 Å². The zero-order chi connectivity index (χ0) is 19.7. The summed E-state index contributed by atoms with van der Waals surface area (Å²) in [5.41, 5.74) is 2.80. The lowest BCUT2D eigenvalue weighted by atomic mass is 9.91. The minimum atomic E-state index is -0.774. The summed E-state index contributed by atoms with van der Waals surface area (Å²) in [6.07, 6.45) is 1.44. The number of aliphatic hydroxyl groups is 1. The van der Waals surface area contributed by atoms with E-state index in [9.17, 15) is 9.90 Å². The van der Waals surface area contributed by atoms with Gasteiger partial charge >= 0.3 is 0 Å². The van der Waals surface area contributed by atoms with Crippen LogP contribution in [0.4, 0.5) is 5.69 Å². The number of carbonyl (C=O) groups is 1. The van der Waals surface area contributed by atoms with E-state index in [1.165, 1.54) is 6.92 Å². The maximum Gasteiger partial charge on any atom is 0.221 e. The van der Waals surface area contributed by atoms with Crippen LogP contribution in [0.15, 0.2) is 48.5 Å². The van der Waals surface area contributed by atoms with Gasteiger partial charge in [0.2, 0.25) is 5.91 Å². The number of nitrogens with one attached hydrogen (secondary N) is 1.